The van der Waals surface area contributed by atoms with Crippen molar-refractivity contribution in [1.82, 2.24) is 4.90 Å². The zero-order valence-corrected chi connectivity index (χ0v) is 15.1. The van der Waals surface area contributed by atoms with Gasteiger partial charge in [0, 0.05) is 22.7 Å². The van der Waals surface area contributed by atoms with Gasteiger partial charge in [-0.3, -0.25) is 14.5 Å². The Hall–Kier alpha value is -2.91. The fourth-order valence-corrected chi connectivity index (χ4v) is 2.80. The van der Waals surface area contributed by atoms with Crippen molar-refractivity contribution < 1.29 is 14.0 Å². The Morgan fingerprint density at radius 1 is 1.12 bits per heavy atom. The van der Waals surface area contributed by atoms with Gasteiger partial charge in [-0.25, -0.2) is 0 Å². The summed E-state index contributed by atoms with van der Waals surface area (Å²) in [7, 11) is 1.36. The van der Waals surface area contributed by atoms with Gasteiger partial charge in [0.05, 0.1) is 0 Å². The second-order valence-electron chi connectivity index (χ2n) is 5.55. The fraction of sp³-hybridized carbons (Fsp3) is 0.105. The van der Waals surface area contributed by atoms with Gasteiger partial charge in [-0.05, 0) is 42.8 Å². The number of hydrogen-bond acceptors (Lipinski definition) is 4. The summed E-state index contributed by atoms with van der Waals surface area (Å²) in [6, 6.07) is 13.1. The van der Waals surface area contributed by atoms with Crippen LogP contribution in [0.4, 0.5) is 0 Å². The third kappa shape index (κ3) is 3.06. The minimum absolute atomic E-state index is 0.0342. The largest absolute Gasteiger partial charge is 0.457 e. The number of likely N-dealkylation sites (N-methyl/N-ethyl adjacent to an activating group) is 1. The predicted octanol–water partition coefficient (Wildman–Crippen LogP) is 3.93. The van der Waals surface area contributed by atoms with E-state index in [9.17, 15) is 14.9 Å². The summed E-state index contributed by atoms with van der Waals surface area (Å²) in [5, 5.41) is 9.17. The Balaban J connectivity index is 2.02. The molecule has 2 heterocycles. The second kappa shape index (κ2) is 6.54. The molecule has 25 heavy (non-hydrogen) atoms. The standard InChI is InChI=1S/C19H13BrN2O3/c1-11-15(18(23)22(2)19(24)16(11)10-21)9-14-7-8-17(25-14)12-3-5-13(20)6-4-12/h3-9H,1-2H3. The molecule has 0 aliphatic carbocycles. The number of carbonyl (C=O) groups is 2. The van der Waals surface area contributed by atoms with Gasteiger partial charge in [0.1, 0.15) is 23.2 Å². The van der Waals surface area contributed by atoms with E-state index >= 15 is 0 Å². The van der Waals surface area contributed by atoms with Crippen LogP contribution in [-0.4, -0.2) is 23.8 Å². The molecule has 0 saturated heterocycles. The van der Waals surface area contributed by atoms with Crippen LogP contribution in [0.15, 0.2) is 62.0 Å². The highest BCUT2D eigenvalue weighted by Gasteiger charge is 2.33. The van der Waals surface area contributed by atoms with Crippen LogP contribution in [-0.2, 0) is 9.59 Å². The van der Waals surface area contributed by atoms with E-state index in [2.05, 4.69) is 15.9 Å². The zero-order valence-electron chi connectivity index (χ0n) is 13.5. The van der Waals surface area contributed by atoms with E-state index in [1.807, 2.05) is 36.4 Å². The summed E-state index contributed by atoms with van der Waals surface area (Å²) >= 11 is 3.38. The van der Waals surface area contributed by atoms with Gasteiger partial charge in [-0.2, -0.15) is 5.26 Å². The molecule has 1 aromatic heterocycles. The first-order valence-corrected chi connectivity index (χ1v) is 8.23. The number of rotatable bonds is 2. The molecule has 0 fully saturated rings. The van der Waals surface area contributed by atoms with Crippen LogP contribution in [0.5, 0.6) is 0 Å². The summed E-state index contributed by atoms with van der Waals surface area (Å²) in [5.41, 5.74) is 1.50. The summed E-state index contributed by atoms with van der Waals surface area (Å²) in [6.45, 7) is 1.59. The number of imide groups is 1. The number of furan rings is 1. The topological polar surface area (TPSA) is 74.3 Å². The van der Waals surface area contributed by atoms with E-state index in [4.69, 9.17) is 4.42 Å². The Kier molecular flexibility index (Phi) is 4.43. The lowest BCUT2D eigenvalue weighted by Gasteiger charge is -2.23. The number of carbonyl (C=O) groups excluding carboxylic acids is 2. The second-order valence-corrected chi connectivity index (χ2v) is 6.46. The third-order valence-electron chi connectivity index (χ3n) is 3.99. The van der Waals surface area contributed by atoms with Crippen LogP contribution < -0.4 is 0 Å². The first-order valence-electron chi connectivity index (χ1n) is 7.43. The maximum Gasteiger partial charge on any atom is 0.271 e. The lowest BCUT2D eigenvalue weighted by atomic mass is 9.95. The Morgan fingerprint density at radius 2 is 1.80 bits per heavy atom. The fourth-order valence-electron chi connectivity index (χ4n) is 2.54. The van der Waals surface area contributed by atoms with Crippen molar-refractivity contribution in [2.24, 2.45) is 0 Å². The summed E-state index contributed by atoms with van der Waals surface area (Å²) in [5.74, 6) is 0.0927. The highest BCUT2D eigenvalue weighted by Crippen LogP contribution is 2.29. The molecule has 2 aromatic rings. The van der Waals surface area contributed by atoms with Crippen molar-refractivity contribution in [1.29, 1.82) is 5.26 Å². The molecule has 2 amide bonds. The van der Waals surface area contributed by atoms with E-state index in [1.165, 1.54) is 7.05 Å². The number of nitrogens with zero attached hydrogens (tertiary/aromatic N) is 2. The van der Waals surface area contributed by atoms with Gasteiger partial charge in [0.2, 0.25) is 0 Å². The maximum atomic E-state index is 12.4. The highest BCUT2D eigenvalue weighted by atomic mass is 79.9. The Labute approximate surface area is 153 Å². The van der Waals surface area contributed by atoms with Crippen molar-refractivity contribution >= 4 is 33.8 Å². The third-order valence-corrected chi connectivity index (χ3v) is 4.52. The smallest absolute Gasteiger partial charge is 0.271 e. The number of hydrogen-bond donors (Lipinski definition) is 0. The van der Waals surface area contributed by atoms with E-state index in [-0.39, 0.29) is 11.1 Å². The molecule has 124 valence electrons. The zero-order chi connectivity index (χ0) is 18.1. The molecule has 0 unspecified atom stereocenters. The number of halogens is 1. The molecule has 6 heteroatoms. The van der Waals surface area contributed by atoms with E-state index in [1.54, 1.807) is 19.1 Å². The van der Waals surface area contributed by atoms with Crippen molar-refractivity contribution in [2.75, 3.05) is 7.05 Å². The van der Waals surface area contributed by atoms with Crippen molar-refractivity contribution in [2.45, 2.75) is 6.92 Å². The molecule has 0 bridgehead atoms. The molecule has 1 aromatic carbocycles. The lowest BCUT2D eigenvalue weighted by Crippen LogP contribution is -2.39. The molecule has 0 atom stereocenters. The van der Waals surface area contributed by atoms with Gasteiger partial charge < -0.3 is 4.42 Å². The number of amides is 2. The van der Waals surface area contributed by atoms with Gasteiger partial charge in [-0.1, -0.05) is 28.1 Å². The minimum atomic E-state index is -0.586. The highest BCUT2D eigenvalue weighted by molar-refractivity contribution is 9.10. The molecule has 0 radical (unpaired) electrons. The average Bonchev–Trinajstić information content (AvgIpc) is 3.07. The van der Waals surface area contributed by atoms with Crippen LogP contribution in [0, 0.1) is 11.3 Å². The summed E-state index contributed by atoms with van der Waals surface area (Å²) in [4.78, 5) is 25.3. The van der Waals surface area contributed by atoms with Crippen molar-refractivity contribution in [3.63, 3.8) is 0 Å². The molecule has 1 aliphatic rings. The molecule has 5 nitrogen and oxygen atoms in total. The van der Waals surface area contributed by atoms with Gasteiger partial charge >= 0.3 is 0 Å². The van der Waals surface area contributed by atoms with E-state index in [0.717, 1.165) is 14.9 Å². The predicted molar refractivity (Wildman–Crippen MR) is 95.9 cm³/mol. The maximum absolute atomic E-state index is 12.4. The number of benzene rings is 1. The van der Waals surface area contributed by atoms with Crippen molar-refractivity contribution in [3.05, 3.63) is 63.4 Å². The monoisotopic (exact) mass is 396 g/mol. The Bertz CT molecular complexity index is 975. The van der Waals surface area contributed by atoms with Crippen LogP contribution in [0.1, 0.15) is 12.7 Å². The molecule has 0 N–H and O–H groups in total. The molecule has 1 aliphatic heterocycles. The van der Waals surface area contributed by atoms with Crippen LogP contribution in [0.25, 0.3) is 17.4 Å². The average molecular weight is 397 g/mol. The molecular formula is C19H13BrN2O3. The normalized spacial score (nSPS) is 16.6. The first kappa shape index (κ1) is 16.9. The summed E-state index contributed by atoms with van der Waals surface area (Å²) in [6.07, 6.45) is 1.56. The van der Waals surface area contributed by atoms with Crippen LogP contribution in [0.2, 0.25) is 0 Å². The lowest BCUT2D eigenvalue weighted by molar-refractivity contribution is -0.138. The SMILES string of the molecule is CC1=C(C#N)C(=O)N(C)C(=O)C1=Cc1ccc(-c2ccc(Br)cc2)o1. The van der Waals surface area contributed by atoms with E-state index in [0.29, 0.717) is 17.1 Å². The van der Waals surface area contributed by atoms with Crippen molar-refractivity contribution in [3.8, 4) is 17.4 Å². The van der Waals surface area contributed by atoms with Crippen LogP contribution in [0.3, 0.4) is 0 Å². The Morgan fingerprint density at radius 3 is 2.44 bits per heavy atom. The molecule has 3 rings (SSSR count). The van der Waals surface area contributed by atoms with Gasteiger partial charge in [0.25, 0.3) is 11.8 Å². The van der Waals surface area contributed by atoms with E-state index < -0.39 is 11.8 Å². The summed E-state index contributed by atoms with van der Waals surface area (Å²) < 4.78 is 6.76. The first-order chi connectivity index (χ1) is 11.9. The van der Waals surface area contributed by atoms with Gasteiger partial charge in [-0.15, -0.1) is 0 Å². The quantitative estimate of drug-likeness (QED) is 0.569. The van der Waals surface area contributed by atoms with Crippen LogP contribution >= 0.6 is 15.9 Å². The van der Waals surface area contributed by atoms with Gasteiger partial charge in [0.15, 0.2) is 0 Å². The molecular weight excluding hydrogens is 384 g/mol. The molecule has 0 saturated carbocycles. The minimum Gasteiger partial charge on any atom is -0.457 e. The number of nitriles is 1. The molecule has 0 spiro atoms.